The van der Waals surface area contributed by atoms with Crippen molar-refractivity contribution in [3.05, 3.63) is 0 Å². The average molecular weight is 232 g/mol. The van der Waals surface area contributed by atoms with Crippen LogP contribution in [-0.2, 0) is 4.79 Å². The molecule has 0 aromatic heterocycles. The van der Waals surface area contributed by atoms with Crippen molar-refractivity contribution in [2.75, 3.05) is 26.7 Å². The standard InChI is InChI=1S/C11H21FN2O2/c1-11(12)5-3-6-14(8-11)7-4-9(13-2)10(15)16/h9,13H,3-8H2,1-2H3,(H,15,16)/t9-,11?/m0/s1. The van der Waals surface area contributed by atoms with Crippen LogP contribution in [0.5, 0.6) is 0 Å². The number of piperidine rings is 1. The van der Waals surface area contributed by atoms with E-state index >= 15 is 0 Å². The van der Waals surface area contributed by atoms with Crippen LogP contribution in [0.4, 0.5) is 4.39 Å². The summed E-state index contributed by atoms with van der Waals surface area (Å²) < 4.78 is 13.7. The summed E-state index contributed by atoms with van der Waals surface area (Å²) in [4.78, 5) is 12.8. The van der Waals surface area contributed by atoms with Crippen molar-refractivity contribution in [1.82, 2.24) is 10.2 Å². The monoisotopic (exact) mass is 232 g/mol. The normalized spacial score (nSPS) is 28.9. The van der Waals surface area contributed by atoms with E-state index in [0.29, 0.717) is 25.9 Å². The summed E-state index contributed by atoms with van der Waals surface area (Å²) in [7, 11) is 1.63. The second-order valence-corrected chi connectivity index (χ2v) is 4.76. The second kappa shape index (κ2) is 5.59. The molecule has 1 aliphatic rings. The Hall–Kier alpha value is -0.680. The van der Waals surface area contributed by atoms with Crippen molar-refractivity contribution < 1.29 is 14.3 Å². The minimum absolute atomic E-state index is 0.420. The summed E-state index contributed by atoms with van der Waals surface area (Å²) in [6.07, 6.45) is 1.98. The Balaban J connectivity index is 2.34. The van der Waals surface area contributed by atoms with Crippen LogP contribution in [-0.4, -0.2) is 54.4 Å². The molecule has 1 saturated heterocycles. The van der Waals surface area contributed by atoms with Gasteiger partial charge in [-0.25, -0.2) is 4.39 Å². The van der Waals surface area contributed by atoms with Crippen molar-refractivity contribution in [3.8, 4) is 0 Å². The van der Waals surface area contributed by atoms with Crippen LogP contribution in [0.25, 0.3) is 0 Å². The van der Waals surface area contributed by atoms with Gasteiger partial charge < -0.3 is 15.3 Å². The molecule has 0 aliphatic carbocycles. The third-order valence-electron chi connectivity index (χ3n) is 3.11. The first kappa shape index (κ1) is 13.4. The van der Waals surface area contributed by atoms with Gasteiger partial charge >= 0.3 is 5.97 Å². The van der Waals surface area contributed by atoms with Crippen LogP contribution in [0.3, 0.4) is 0 Å². The topological polar surface area (TPSA) is 52.6 Å². The van der Waals surface area contributed by atoms with E-state index in [0.717, 1.165) is 13.0 Å². The minimum Gasteiger partial charge on any atom is -0.480 e. The van der Waals surface area contributed by atoms with Crippen LogP contribution in [0.15, 0.2) is 0 Å². The maximum absolute atomic E-state index is 13.7. The van der Waals surface area contributed by atoms with E-state index in [-0.39, 0.29) is 0 Å². The highest BCUT2D eigenvalue weighted by molar-refractivity contribution is 5.73. The smallest absolute Gasteiger partial charge is 0.320 e. The molecule has 0 amide bonds. The molecule has 0 saturated carbocycles. The summed E-state index contributed by atoms with van der Waals surface area (Å²) in [5, 5.41) is 11.6. The molecule has 2 atom stereocenters. The number of rotatable bonds is 5. The number of alkyl halides is 1. The number of halogens is 1. The maximum atomic E-state index is 13.7. The molecule has 1 rings (SSSR count). The van der Waals surface area contributed by atoms with Gasteiger partial charge in [0.15, 0.2) is 0 Å². The molecule has 1 heterocycles. The molecule has 0 aromatic carbocycles. The summed E-state index contributed by atoms with van der Waals surface area (Å²) in [6.45, 7) is 3.54. The Morgan fingerprint density at radius 3 is 2.88 bits per heavy atom. The van der Waals surface area contributed by atoms with Crippen molar-refractivity contribution in [1.29, 1.82) is 0 Å². The fourth-order valence-electron chi connectivity index (χ4n) is 2.19. The molecule has 5 heteroatoms. The van der Waals surface area contributed by atoms with Gasteiger partial charge in [0.25, 0.3) is 0 Å². The van der Waals surface area contributed by atoms with E-state index in [1.54, 1.807) is 14.0 Å². The third kappa shape index (κ3) is 4.06. The van der Waals surface area contributed by atoms with E-state index in [4.69, 9.17) is 5.11 Å². The van der Waals surface area contributed by atoms with Gasteiger partial charge in [-0.1, -0.05) is 0 Å². The third-order valence-corrected chi connectivity index (χ3v) is 3.11. The molecular weight excluding hydrogens is 211 g/mol. The van der Waals surface area contributed by atoms with Crippen molar-refractivity contribution >= 4 is 5.97 Å². The van der Waals surface area contributed by atoms with Crippen molar-refractivity contribution in [2.24, 2.45) is 0 Å². The zero-order valence-electron chi connectivity index (χ0n) is 10.0. The molecule has 2 N–H and O–H groups in total. The fraction of sp³-hybridized carbons (Fsp3) is 0.909. The number of carboxylic acids is 1. The highest BCUT2D eigenvalue weighted by Crippen LogP contribution is 2.24. The Morgan fingerprint density at radius 2 is 2.38 bits per heavy atom. The molecule has 16 heavy (non-hydrogen) atoms. The molecule has 0 spiro atoms. The van der Waals surface area contributed by atoms with Gasteiger partial charge in [-0.05, 0) is 39.8 Å². The van der Waals surface area contributed by atoms with E-state index in [1.807, 2.05) is 4.90 Å². The first-order chi connectivity index (χ1) is 7.44. The fourth-order valence-corrected chi connectivity index (χ4v) is 2.19. The highest BCUT2D eigenvalue weighted by Gasteiger charge is 2.30. The van der Waals surface area contributed by atoms with Crippen LogP contribution < -0.4 is 5.32 Å². The SMILES string of the molecule is CN[C@@H](CCN1CCCC(C)(F)C1)C(=O)O. The number of carboxylic acid groups (broad SMARTS) is 1. The zero-order valence-corrected chi connectivity index (χ0v) is 10.0. The van der Waals surface area contributed by atoms with E-state index < -0.39 is 17.7 Å². The number of likely N-dealkylation sites (tertiary alicyclic amines) is 1. The quantitative estimate of drug-likeness (QED) is 0.738. The van der Waals surface area contributed by atoms with Gasteiger partial charge in [0.1, 0.15) is 11.7 Å². The van der Waals surface area contributed by atoms with Gasteiger partial charge in [0, 0.05) is 13.1 Å². The molecule has 1 fully saturated rings. The molecule has 1 unspecified atom stereocenters. The molecule has 0 bridgehead atoms. The Morgan fingerprint density at radius 1 is 1.69 bits per heavy atom. The average Bonchev–Trinajstić information content (AvgIpc) is 2.16. The van der Waals surface area contributed by atoms with Gasteiger partial charge in [-0.15, -0.1) is 0 Å². The Labute approximate surface area is 95.8 Å². The van der Waals surface area contributed by atoms with Crippen molar-refractivity contribution in [2.45, 2.75) is 37.9 Å². The Kier molecular flexibility index (Phi) is 4.68. The number of carbonyl (C=O) groups is 1. The number of hydrogen-bond donors (Lipinski definition) is 2. The number of aliphatic carboxylic acids is 1. The van der Waals surface area contributed by atoms with Crippen LogP contribution in [0, 0.1) is 0 Å². The summed E-state index contributed by atoms with van der Waals surface area (Å²) in [5.74, 6) is -0.845. The lowest BCUT2D eigenvalue weighted by molar-refractivity contribution is -0.139. The van der Waals surface area contributed by atoms with Gasteiger partial charge in [0.2, 0.25) is 0 Å². The van der Waals surface area contributed by atoms with E-state index in [9.17, 15) is 9.18 Å². The molecule has 0 aromatic rings. The molecule has 0 radical (unpaired) electrons. The van der Waals surface area contributed by atoms with Crippen LogP contribution in [0.2, 0.25) is 0 Å². The lowest BCUT2D eigenvalue weighted by Gasteiger charge is -2.35. The highest BCUT2D eigenvalue weighted by atomic mass is 19.1. The number of nitrogens with zero attached hydrogens (tertiary/aromatic N) is 1. The van der Waals surface area contributed by atoms with Crippen molar-refractivity contribution in [3.63, 3.8) is 0 Å². The lowest BCUT2D eigenvalue weighted by Crippen LogP contribution is -2.45. The maximum Gasteiger partial charge on any atom is 0.320 e. The molecular formula is C11H21FN2O2. The number of hydrogen-bond acceptors (Lipinski definition) is 3. The lowest BCUT2D eigenvalue weighted by atomic mass is 9.96. The first-order valence-electron chi connectivity index (χ1n) is 5.76. The molecule has 4 nitrogen and oxygen atoms in total. The largest absolute Gasteiger partial charge is 0.480 e. The zero-order chi connectivity index (χ0) is 12.2. The minimum atomic E-state index is -1.11. The van der Waals surface area contributed by atoms with Crippen LogP contribution >= 0.6 is 0 Å². The van der Waals surface area contributed by atoms with E-state index in [2.05, 4.69) is 5.32 Å². The number of likely N-dealkylation sites (N-methyl/N-ethyl adjacent to an activating group) is 1. The van der Waals surface area contributed by atoms with Crippen LogP contribution in [0.1, 0.15) is 26.2 Å². The molecule has 94 valence electrons. The van der Waals surface area contributed by atoms with Gasteiger partial charge in [0.05, 0.1) is 0 Å². The summed E-state index contributed by atoms with van der Waals surface area (Å²) >= 11 is 0. The number of nitrogens with one attached hydrogen (secondary N) is 1. The summed E-state index contributed by atoms with van der Waals surface area (Å²) in [6, 6.07) is -0.534. The van der Waals surface area contributed by atoms with Gasteiger partial charge in [-0.2, -0.15) is 0 Å². The second-order valence-electron chi connectivity index (χ2n) is 4.76. The molecule has 1 aliphatic heterocycles. The first-order valence-corrected chi connectivity index (χ1v) is 5.76. The van der Waals surface area contributed by atoms with E-state index in [1.165, 1.54) is 0 Å². The Bertz CT molecular complexity index is 246. The summed E-state index contributed by atoms with van der Waals surface area (Å²) in [5.41, 5.74) is -1.11. The van der Waals surface area contributed by atoms with Gasteiger partial charge in [-0.3, -0.25) is 4.79 Å². The predicted molar refractivity (Wildman–Crippen MR) is 60.3 cm³/mol. The predicted octanol–water partition coefficient (Wildman–Crippen LogP) is 0.873.